The van der Waals surface area contributed by atoms with Crippen molar-refractivity contribution in [2.24, 2.45) is 0 Å². The number of hydrogen-bond acceptors (Lipinski definition) is 3. The first-order valence-corrected chi connectivity index (χ1v) is 7.89. The summed E-state index contributed by atoms with van der Waals surface area (Å²) in [4.78, 5) is 13.0. The highest BCUT2D eigenvalue weighted by molar-refractivity contribution is 6.12. The van der Waals surface area contributed by atoms with E-state index >= 15 is 0 Å². The molecule has 0 saturated carbocycles. The van der Waals surface area contributed by atoms with Gasteiger partial charge in [-0.15, -0.1) is 0 Å². The van der Waals surface area contributed by atoms with Crippen LogP contribution in [0, 0.1) is 0 Å². The van der Waals surface area contributed by atoms with Crippen molar-refractivity contribution >= 4 is 17.2 Å². The van der Waals surface area contributed by atoms with Crippen LogP contribution in [0.3, 0.4) is 0 Å². The van der Waals surface area contributed by atoms with Gasteiger partial charge in [0, 0.05) is 22.5 Å². The van der Waals surface area contributed by atoms with Gasteiger partial charge in [0.2, 0.25) is 0 Å². The number of carbonyl (C=O) groups excluding carboxylic acids is 1. The molecule has 3 heteroatoms. The molecule has 0 aromatic heterocycles. The minimum atomic E-state index is 0.0199. The van der Waals surface area contributed by atoms with Crippen LogP contribution in [0.15, 0.2) is 36.4 Å². The van der Waals surface area contributed by atoms with Crippen molar-refractivity contribution in [1.29, 1.82) is 0 Å². The van der Waals surface area contributed by atoms with Gasteiger partial charge >= 0.3 is 0 Å². The topological polar surface area (TPSA) is 69.1 Å². The molecule has 2 rings (SSSR count). The van der Waals surface area contributed by atoms with Crippen molar-refractivity contribution in [2.75, 3.05) is 11.5 Å². The Morgan fingerprint density at radius 3 is 1.59 bits per heavy atom. The van der Waals surface area contributed by atoms with Gasteiger partial charge in [-0.2, -0.15) is 0 Å². The first kappa shape index (κ1) is 16.1. The molecule has 0 spiro atoms. The Labute approximate surface area is 132 Å². The number of ketones is 1. The Morgan fingerprint density at radius 2 is 1.23 bits per heavy atom. The lowest BCUT2D eigenvalue weighted by molar-refractivity contribution is 0.103. The second-order valence-electron chi connectivity index (χ2n) is 5.58. The molecule has 0 saturated heterocycles. The van der Waals surface area contributed by atoms with E-state index in [-0.39, 0.29) is 5.78 Å². The summed E-state index contributed by atoms with van der Waals surface area (Å²) in [6, 6.07) is 11.1. The number of rotatable bonds is 6. The van der Waals surface area contributed by atoms with Gasteiger partial charge in [-0.1, -0.05) is 51.0 Å². The maximum atomic E-state index is 13.0. The Bertz CT molecular complexity index is 620. The number of nitrogens with two attached hydrogens (primary N) is 2. The minimum Gasteiger partial charge on any atom is -0.398 e. The Morgan fingerprint density at radius 1 is 0.818 bits per heavy atom. The third kappa shape index (κ3) is 3.14. The van der Waals surface area contributed by atoms with E-state index in [4.69, 9.17) is 11.5 Å². The lowest BCUT2D eigenvalue weighted by atomic mass is 9.90. The average molecular weight is 296 g/mol. The molecule has 2 aromatic rings. The maximum absolute atomic E-state index is 13.0. The first-order chi connectivity index (χ1) is 10.6. The second-order valence-corrected chi connectivity index (χ2v) is 5.58. The second kappa shape index (κ2) is 7.12. The number of anilines is 2. The Hall–Kier alpha value is -2.29. The molecular weight excluding hydrogens is 272 g/mol. The van der Waals surface area contributed by atoms with E-state index in [1.807, 2.05) is 36.4 Å². The molecule has 3 nitrogen and oxygen atoms in total. The quantitative estimate of drug-likeness (QED) is 0.625. The van der Waals surface area contributed by atoms with Gasteiger partial charge in [0.25, 0.3) is 0 Å². The molecule has 0 unspecified atom stereocenters. The summed E-state index contributed by atoms with van der Waals surface area (Å²) in [6.07, 6.45) is 3.51. The monoisotopic (exact) mass is 296 g/mol. The Kier molecular flexibility index (Phi) is 5.21. The molecule has 4 N–H and O–H groups in total. The molecule has 0 fully saturated rings. The summed E-state index contributed by atoms with van der Waals surface area (Å²) in [5, 5.41) is 0. The average Bonchev–Trinajstić information content (AvgIpc) is 2.51. The largest absolute Gasteiger partial charge is 0.398 e. The van der Waals surface area contributed by atoms with Crippen molar-refractivity contribution in [3.05, 3.63) is 58.7 Å². The van der Waals surface area contributed by atoms with E-state index < -0.39 is 0 Å². The zero-order chi connectivity index (χ0) is 16.1. The van der Waals surface area contributed by atoms with E-state index in [2.05, 4.69) is 13.8 Å². The van der Waals surface area contributed by atoms with E-state index in [0.717, 1.165) is 36.8 Å². The van der Waals surface area contributed by atoms with Gasteiger partial charge in [-0.3, -0.25) is 4.79 Å². The van der Waals surface area contributed by atoms with Gasteiger partial charge in [0.05, 0.1) is 0 Å². The first-order valence-electron chi connectivity index (χ1n) is 7.89. The van der Waals surface area contributed by atoms with Crippen molar-refractivity contribution in [3.8, 4) is 0 Å². The highest BCUT2D eigenvalue weighted by Gasteiger charge is 2.18. The highest BCUT2D eigenvalue weighted by Crippen LogP contribution is 2.26. The molecule has 0 amide bonds. The van der Waals surface area contributed by atoms with Crippen LogP contribution < -0.4 is 11.5 Å². The predicted octanol–water partition coefficient (Wildman–Crippen LogP) is 3.99. The molecule has 2 aromatic carbocycles. The SMILES string of the molecule is CCCc1c(N)cccc1C(=O)c1cccc(N)c1CCC. The zero-order valence-corrected chi connectivity index (χ0v) is 13.4. The van der Waals surface area contributed by atoms with E-state index in [1.54, 1.807) is 0 Å². The summed E-state index contributed by atoms with van der Waals surface area (Å²) in [5.74, 6) is 0.0199. The normalized spacial score (nSPS) is 10.6. The van der Waals surface area contributed by atoms with Crippen LogP contribution in [0.5, 0.6) is 0 Å². The number of benzene rings is 2. The number of nitrogen functional groups attached to an aromatic ring is 2. The van der Waals surface area contributed by atoms with Crippen LogP contribution in [0.2, 0.25) is 0 Å². The molecule has 0 aliphatic heterocycles. The minimum absolute atomic E-state index is 0.0199. The molecule has 0 atom stereocenters. The highest BCUT2D eigenvalue weighted by atomic mass is 16.1. The maximum Gasteiger partial charge on any atom is 0.193 e. The van der Waals surface area contributed by atoms with Crippen LogP contribution in [0.1, 0.15) is 53.7 Å². The fraction of sp³-hybridized carbons (Fsp3) is 0.316. The lowest BCUT2D eigenvalue weighted by Gasteiger charge is -2.14. The standard InChI is InChI=1S/C19H24N2O/c1-3-7-13-15(9-5-11-17(13)20)19(22)16-10-6-12-18(21)14(16)8-4-2/h5-6,9-12H,3-4,7-8,20-21H2,1-2H3. The third-order valence-electron chi connectivity index (χ3n) is 3.91. The van der Waals surface area contributed by atoms with Crippen molar-refractivity contribution in [3.63, 3.8) is 0 Å². The van der Waals surface area contributed by atoms with Crippen LogP contribution >= 0.6 is 0 Å². The zero-order valence-electron chi connectivity index (χ0n) is 13.4. The number of hydrogen-bond donors (Lipinski definition) is 2. The molecule has 0 bridgehead atoms. The molecule has 0 aliphatic rings. The molecule has 0 aliphatic carbocycles. The van der Waals surface area contributed by atoms with Gasteiger partial charge in [0.15, 0.2) is 5.78 Å². The number of carbonyl (C=O) groups is 1. The molecular formula is C19H24N2O. The molecule has 0 heterocycles. The van der Waals surface area contributed by atoms with E-state index in [1.165, 1.54) is 0 Å². The third-order valence-corrected chi connectivity index (χ3v) is 3.91. The van der Waals surface area contributed by atoms with Gasteiger partial charge in [-0.25, -0.2) is 0 Å². The van der Waals surface area contributed by atoms with E-state index in [0.29, 0.717) is 22.5 Å². The molecule has 116 valence electrons. The van der Waals surface area contributed by atoms with Crippen LogP contribution in [0.25, 0.3) is 0 Å². The van der Waals surface area contributed by atoms with Gasteiger partial charge in [-0.05, 0) is 36.1 Å². The Balaban J connectivity index is 2.54. The summed E-state index contributed by atoms with van der Waals surface area (Å²) >= 11 is 0. The molecule has 22 heavy (non-hydrogen) atoms. The fourth-order valence-corrected chi connectivity index (χ4v) is 2.84. The van der Waals surface area contributed by atoms with Crippen LogP contribution in [0.4, 0.5) is 11.4 Å². The van der Waals surface area contributed by atoms with E-state index in [9.17, 15) is 4.79 Å². The summed E-state index contributed by atoms with van der Waals surface area (Å²) in [5.41, 5.74) is 16.8. The predicted molar refractivity (Wildman–Crippen MR) is 93.1 cm³/mol. The fourth-order valence-electron chi connectivity index (χ4n) is 2.84. The smallest absolute Gasteiger partial charge is 0.193 e. The molecule has 0 radical (unpaired) electrons. The van der Waals surface area contributed by atoms with Gasteiger partial charge in [0.1, 0.15) is 0 Å². The van der Waals surface area contributed by atoms with Crippen molar-refractivity contribution < 1.29 is 4.79 Å². The van der Waals surface area contributed by atoms with Crippen LogP contribution in [-0.2, 0) is 12.8 Å². The lowest BCUT2D eigenvalue weighted by Crippen LogP contribution is -2.11. The van der Waals surface area contributed by atoms with Crippen molar-refractivity contribution in [1.82, 2.24) is 0 Å². The summed E-state index contributed by atoms with van der Waals surface area (Å²) < 4.78 is 0. The van der Waals surface area contributed by atoms with Crippen molar-refractivity contribution in [2.45, 2.75) is 39.5 Å². The summed E-state index contributed by atoms with van der Waals surface area (Å²) in [7, 11) is 0. The summed E-state index contributed by atoms with van der Waals surface area (Å²) in [6.45, 7) is 4.17. The van der Waals surface area contributed by atoms with Gasteiger partial charge < -0.3 is 11.5 Å². The van der Waals surface area contributed by atoms with Crippen LogP contribution in [-0.4, -0.2) is 5.78 Å².